The SMILES string of the molecule is O=C(NC1CCCCCC1)N1CCN(C(=O)C2CCCO2)CC1. The summed E-state index contributed by atoms with van der Waals surface area (Å²) in [5, 5.41) is 3.19. The number of nitrogens with one attached hydrogen (secondary N) is 1. The van der Waals surface area contributed by atoms with Crippen LogP contribution in [-0.2, 0) is 9.53 Å². The van der Waals surface area contributed by atoms with Crippen LogP contribution in [0, 0.1) is 0 Å². The summed E-state index contributed by atoms with van der Waals surface area (Å²) in [6, 6.07) is 0.373. The average Bonchev–Trinajstić information content (AvgIpc) is 3.00. The lowest BCUT2D eigenvalue weighted by Crippen LogP contribution is -2.55. The van der Waals surface area contributed by atoms with E-state index in [4.69, 9.17) is 4.74 Å². The molecular weight excluding hydrogens is 294 g/mol. The minimum atomic E-state index is -0.249. The molecule has 3 fully saturated rings. The summed E-state index contributed by atoms with van der Waals surface area (Å²) in [4.78, 5) is 28.4. The molecule has 2 aliphatic heterocycles. The molecule has 0 radical (unpaired) electrons. The van der Waals surface area contributed by atoms with E-state index in [-0.39, 0.29) is 18.0 Å². The second-order valence-electron chi connectivity index (χ2n) is 6.95. The molecule has 0 bridgehead atoms. The maximum Gasteiger partial charge on any atom is 0.317 e. The molecule has 2 heterocycles. The summed E-state index contributed by atoms with van der Waals surface area (Å²) in [6.07, 6.45) is 8.77. The molecule has 23 heavy (non-hydrogen) atoms. The van der Waals surface area contributed by atoms with E-state index >= 15 is 0 Å². The molecule has 0 aromatic rings. The number of rotatable bonds is 2. The van der Waals surface area contributed by atoms with Gasteiger partial charge in [0.1, 0.15) is 6.10 Å². The Morgan fingerprint density at radius 2 is 1.48 bits per heavy atom. The van der Waals surface area contributed by atoms with Gasteiger partial charge in [-0.15, -0.1) is 0 Å². The van der Waals surface area contributed by atoms with E-state index in [0.29, 0.717) is 38.8 Å². The van der Waals surface area contributed by atoms with Gasteiger partial charge in [-0.3, -0.25) is 4.79 Å². The average molecular weight is 323 g/mol. The van der Waals surface area contributed by atoms with Gasteiger partial charge in [0, 0.05) is 38.8 Å². The van der Waals surface area contributed by atoms with Gasteiger partial charge >= 0.3 is 6.03 Å². The first-order valence-electron chi connectivity index (χ1n) is 9.20. The van der Waals surface area contributed by atoms with E-state index in [0.717, 1.165) is 25.7 Å². The monoisotopic (exact) mass is 323 g/mol. The van der Waals surface area contributed by atoms with Gasteiger partial charge in [0.2, 0.25) is 0 Å². The number of hydrogen-bond donors (Lipinski definition) is 1. The second-order valence-corrected chi connectivity index (χ2v) is 6.95. The molecule has 1 N–H and O–H groups in total. The van der Waals surface area contributed by atoms with Crippen LogP contribution in [0.1, 0.15) is 51.4 Å². The molecule has 3 rings (SSSR count). The third-order valence-electron chi connectivity index (χ3n) is 5.27. The van der Waals surface area contributed by atoms with E-state index in [9.17, 15) is 9.59 Å². The Morgan fingerprint density at radius 3 is 2.09 bits per heavy atom. The maximum absolute atomic E-state index is 12.4. The van der Waals surface area contributed by atoms with Crippen molar-refractivity contribution in [2.45, 2.75) is 63.5 Å². The number of nitrogens with zero attached hydrogens (tertiary/aromatic N) is 2. The van der Waals surface area contributed by atoms with Crippen LogP contribution in [0.5, 0.6) is 0 Å². The highest BCUT2D eigenvalue weighted by atomic mass is 16.5. The molecule has 1 atom stereocenters. The predicted molar refractivity (Wildman–Crippen MR) is 87.1 cm³/mol. The topological polar surface area (TPSA) is 61.9 Å². The fourth-order valence-corrected chi connectivity index (χ4v) is 3.80. The highest BCUT2D eigenvalue weighted by Crippen LogP contribution is 2.18. The number of carbonyl (C=O) groups excluding carboxylic acids is 2. The van der Waals surface area contributed by atoms with Crippen LogP contribution in [0.2, 0.25) is 0 Å². The van der Waals surface area contributed by atoms with Crippen molar-refractivity contribution in [3.8, 4) is 0 Å². The van der Waals surface area contributed by atoms with Crippen LogP contribution < -0.4 is 5.32 Å². The van der Waals surface area contributed by atoms with Gasteiger partial charge in [-0.05, 0) is 25.7 Å². The summed E-state index contributed by atoms with van der Waals surface area (Å²) in [7, 11) is 0. The first kappa shape index (κ1) is 16.6. The number of urea groups is 1. The molecule has 0 spiro atoms. The Labute approximate surface area is 138 Å². The van der Waals surface area contributed by atoms with Crippen LogP contribution in [0.15, 0.2) is 0 Å². The molecule has 130 valence electrons. The van der Waals surface area contributed by atoms with Crippen LogP contribution in [-0.4, -0.2) is 66.7 Å². The van der Waals surface area contributed by atoms with Crippen LogP contribution in [0.3, 0.4) is 0 Å². The predicted octanol–water partition coefficient (Wildman–Crippen LogP) is 1.74. The largest absolute Gasteiger partial charge is 0.368 e. The first-order valence-corrected chi connectivity index (χ1v) is 9.20. The molecule has 1 unspecified atom stereocenters. The summed E-state index contributed by atoms with van der Waals surface area (Å²) < 4.78 is 5.47. The zero-order valence-electron chi connectivity index (χ0n) is 14.0. The molecule has 2 saturated heterocycles. The highest BCUT2D eigenvalue weighted by Gasteiger charge is 2.31. The molecule has 1 saturated carbocycles. The minimum Gasteiger partial charge on any atom is -0.368 e. The van der Waals surface area contributed by atoms with Crippen molar-refractivity contribution >= 4 is 11.9 Å². The normalized spacial score (nSPS) is 26.9. The summed E-state index contributed by atoms with van der Waals surface area (Å²) in [6.45, 7) is 3.18. The van der Waals surface area contributed by atoms with Gasteiger partial charge in [-0.25, -0.2) is 4.79 Å². The van der Waals surface area contributed by atoms with Gasteiger partial charge in [-0.2, -0.15) is 0 Å². The van der Waals surface area contributed by atoms with E-state index < -0.39 is 0 Å². The fraction of sp³-hybridized carbons (Fsp3) is 0.882. The molecule has 3 aliphatic rings. The Kier molecular flexibility index (Phi) is 5.75. The number of hydrogen-bond acceptors (Lipinski definition) is 3. The summed E-state index contributed by atoms with van der Waals surface area (Å²) in [5.41, 5.74) is 0. The van der Waals surface area contributed by atoms with E-state index in [1.54, 1.807) is 0 Å². The lowest BCUT2D eigenvalue weighted by molar-refractivity contribution is -0.142. The quantitative estimate of drug-likeness (QED) is 0.788. The molecule has 3 amide bonds. The van der Waals surface area contributed by atoms with Crippen LogP contribution in [0.4, 0.5) is 4.79 Å². The van der Waals surface area contributed by atoms with Crippen molar-refractivity contribution in [2.24, 2.45) is 0 Å². The smallest absolute Gasteiger partial charge is 0.317 e. The molecule has 0 aromatic heterocycles. The minimum absolute atomic E-state index is 0.0427. The van der Waals surface area contributed by atoms with Crippen molar-refractivity contribution in [2.75, 3.05) is 32.8 Å². The van der Waals surface area contributed by atoms with Crippen LogP contribution in [0.25, 0.3) is 0 Å². The Morgan fingerprint density at radius 1 is 0.826 bits per heavy atom. The zero-order valence-corrected chi connectivity index (χ0v) is 14.0. The zero-order chi connectivity index (χ0) is 16.1. The Bertz CT molecular complexity index is 407. The van der Waals surface area contributed by atoms with Crippen molar-refractivity contribution in [3.63, 3.8) is 0 Å². The molecular formula is C17H29N3O3. The summed E-state index contributed by atoms with van der Waals surface area (Å²) >= 11 is 0. The molecule has 6 heteroatoms. The Balaban J connectivity index is 1.42. The van der Waals surface area contributed by atoms with Gasteiger partial charge in [0.25, 0.3) is 5.91 Å². The lowest BCUT2D eigenvalue weighted by Gasteiger charge is -2.36. The van der Waals surface area contributed by atoms with Gasteiger partial charge in [0.05, 0.1) is 0 Å². The number of carbonyl (C=O) groups is 2. The van der Waals surface area contributed by atoms with Gasteiger partial charge < -0.3 is 19.9 Å². The van der Waals surface area contributed by atoms with Crippen molar-refractivity contribution < 1.29 is 14.3 Å². The molecule has 6 nitrogen and oxygen atoms in total. The number of ether oxygens (including phenoxy) is 1. The molecule has 1 aliphatic carbocycles. The number of amides is 3. The highest BCUT2D eigenvalue weighted by molar-refractivity contribution is 5.81. The second kappa shape index (κ2) is 7.99. The third-order valence-corrected chi connectivity index (χ3v) is 5.27. The lowest BCUT2D eigenvalue weighted by atomic mass is 10.1. The van der Waals surface area contributed by atoms with E-state index in [2.05, 4.69) is 5.32 Å². The fourth-order valence-electron chi connectivity index (χ4n) is 3.80. The van der Waals surface area contributed by atoms with E-state index in [1.807, 2.05) is 9.80 Å². The molecule has 0 aromatic carbocycles. The summed E-state index contributed by atoms with van der Waals surface area (Å²) in [5.74, 6) is 0.103. The van der Waals surface area contributed by atoms with E-state index in [1.165, 1.54) is 25.7 Å². The van der Waals surface area contributed by atoms with Crippen molar-refractivity contribution in [3.05, 3.63) is 0 Å². The Hall–Kier alpha value is -1.30. The maximum atomic E-state index is 12.4. The third kappa shape index (κ3) is 4.37. The van der Waals surface area contributed by atoms with Gasteiger partial charge in [0.15, 0.2) is 0 Å². The standard InChI is InChI=1S/C17H29N3O3/c21-16(15-8-5-13-23-15)19-9-11-20(12-10-19)17(22)18-14-6-3-1-2-4-7-14/h14-15H,1-13H2,(H,18,22). The van der Waals surface area contributed by atoms with Crippen molar-refractivity contribution in [1.29, 1.82) is 0 Å². The first-order chi connectivity index (χ1) is 11.2. The van der Waals surface area contributed by atoms with Crippen LogP contribution >= 0.6 is 0 Å². The van der Waals surface area contributed by atoms with Crippen molar-refractivity contribution in [1.82, 2.24) is 15.1 Å². The van der Waals surface area contributed by atoms with Gasteiger partial charge in [-0.1, -0.05) is 25.7 Å². The number of piperazine rings is 1.